The molecule has 0 aromatic carbocycles. The van der Waals surface area contributed by atoms with Gasteiger partial charge in [-0.25, -0.2) is 0 Å². The number of carbonyl (C=O) groups is 1. The van der Waals surface area contributed by atoms with Crippen LogP contribution in [-0.2, 0) is 9.53 Å². The van der Waals surface area contributed by atoms with Crippen molar-refractivity contribution < 1.29 is 9.53 Å². The van der Waals surface area contributed by atoms with E-state index in [1.165, 1.54) is 0 Å². The molecule has 0 aromatic rings. The van der Waals surface area contributed by atoms with Gasteiger partial charge in [-0.3, -0.25) is 4.79 Å². The topological polar surface area (TPSA) is 62.1 Å². The van der Waals surface area contributed by atoms with Gasteiger partial charge in [0.2, 0.25) is 5.91 Å². The normalized spacial score (nSPS) is 28.1. The molecule has 1 aliphatic heterocycles. The Balaban J connectivity index is 2.39. The Hall–Kier alpha value is -1.08. The highest BCUT2D eigenvalue weighted by Crippen LogP contribution is 2.19. The lowest BCUT2D eigenvalue weighted by Crippen LogP contribution is -2.40. The number of hydrogen-bond acceptors (Lipinski definition) is 3. The number of rotatable bonds is 3. The Labute approximate surface area is 84.2 Å². The molecule has 0 spiro atoms. The van der Waals surface area contributed by atoms with Gasteiger partial charge in [0.15, 0.2) is 0 Å². The Kier molecular flexibility index (Phi) is 3.90. The average Bonchev–Trinajstić information content (AvgIpc) is 2.61. The Bertz CT molecular complexity index is 247. The van der Waals surface area contributed by atoms with E-state index in [0.29, 0.717) is 6.42 Å². The summed E-state index contributed by atoms with van der Waals surface area (Å²) in [6.45, 7) is 3.82. The second-order valence-corrected chi connectivity index (χ2v) is 3.61. The monoisotopic (exact) mass is 196 g/mol. The molecule has 3 atom stereocenters. The van der Waals surface area contributed by atoms with E-state index in [2.05, 4.69) is 5.32 Å². The van der Waals surface area contributed by atoms with Crippen LogP contribution in [0.25, 0.3) is 0 Å². The summed E-state index contributed by atoms with van der Waals surface area (Å²) in [5.41, 5.74) is 0. The quantitative estimate of drug-likeness (QED) is 0.731. The van der Waals surface area contributed by atoms with Crippen LogP contribution in [0.3, 0.4) is 0 Å². The SMILES string of the molecule is CCC(C#N)NC(=O)C1CCC(C)O1. The lowest BCUT2D eigenvalue weighted by atomic mass is 10.2. The zero-order valence-corrected chi connectivity index (χ0v) is 8.62. The molecule has 0 aliphatic carbocycles. The van der Waals surface area contributed by atoms with Crippen LogP contribution in [0.5, 0.6) is 0 Å². The largest absolute Gasteiger partial charge is 0.365 e. The fourth-order valence-corrected chi connectivity index (χ4v) is 1.49. The van der Waals surface area contributed by atoms with Gasteiger partial charge >= 0.3 is 0 Å². The first kappa shape index (κ1) is 11.0. The maximum atomic E-state index is 11.5. The van der Waals surface area contributed by atoms with E-state index in [-0.39, 0.29) is 24.2 Å². The summed E-state index contributed by atoms with van der Waals surface area (Å²) in [7, 11) is 0. The van der Waals surface area contributed by atoms with Crippen LogP contribution in [0.2, 0.25) is 0 Å². The van der Waals surface area contributed by atoms with Crippen LogP contribution in [0.4, 0.5) is 0 Å². The van der Waals surface area contributed by atoms with Crippen molar-refractivity contribution in [1.82, 2.24) is 5.32 Å². The molecule has 0 saturated carbocycles. The summed E-state index contributed by atoms with van der Waals surface area (Å²) >= 11 is 0. The fraction of sp³-hybridized carbons (Fsp3) is 0.800. The van der Waals surface area contributed by atoms with Gasteiger partial charge in [0.25, 0.3) is 0 Å². The number of ether oxygens (including phenoxy) is 1. The first-order valence-corrected chi connectivity index (χ1v) is 5.02. The fourth-order valence-electron chi connectivity index (χ4n) is 1.49. The third-order valence-corrected chi connectivity index (χ3v) is 2.40. The van der Waals surface area contributed by atoms with E-state index in [9.17, 15) is 4.79 Å². The van der Waals surface area contributed by atoms with Crippen LogP contribution in [-0.4, -0.2) is 24.2 Å². The third kappa shape index (κ3) is 2.71. The van der Waals surface area contributed by atoms with Crippen molar-refractivity contribution in [1.29, 1.82) is 5.26 Å². The molecule has 1 amide bonds. The molecular formula is C10H16N2O2. The second-order valence-electron chi connectivity index (χ2n) is 3.61. The van der Waals surface area contributed by atoms with Crippen LogP contribution in [0.15, 0.2) is 0 Å². The van der Waals surface area contributed by atoms with Crippen molar-refractivity contribution in [3.63, 3.8) is 0 Å². The molecule has 1 aliphatic rings. The zero-order valence-electron chi connectivity index (χ0n) is 8.62. The zero-order chi connectivity index (χ0) is 10.6. The summed E-state index contributed by atoms with van der Waals surface area (Å²) < 4.78 is 5.39. The molecule has 1 N–H and O–H groups in total. The van der Waals surface area contributed by atoms with Gasteiger partial charge in [-0.1, -0.05) is 6.92 Å². The molecule has 3 unspecified atom stereocenters. The Morgan fingerprint density at radius 1 is 1.71 bits per heavy atom. The minimum absolute atomic E-state index is 0.150. The first-order valence-electron chi connectivity index (χ1n) is 5.02. The lowest BCUT2D eigenvalue weighted by Gasteiger charge is -2.14. The van der Waals surface area contributed by atoms with Gasteiger partial charge in [-0.05, 0) is 26.2 Å². The van der Waals surface area contributed by atoms with Crippen molar-refractivity contribution in [2.45, 2.75) is 51.4 Å². The van der Waals surface area contributed by atoms with Gasteiger partial charge in [0, 0.05) is 0 Å². The van der Waals surface area contributed by atoms with E-state index in [1.54, 1.807) is 0 Å². The van der Waals surface area contributed by atoms with Crippen LogP contribution in [0, 0.1) is 11.3 Å². The highest BCUT2D eigenvalue weighted by atomic mass is 16.5. The summed E-state index contributed by atoms with van der Waals surface area (Å²) in [5, 5.41) is 11.3. The molecule has 4 heteroatoms. The van der Waals surface area contributed by atoms with Gasteiger partial charge in [0.05, 0.1) is 12.2 Å². The molecule has 0 bridgehead atoms. The lowest BCUT2D eigenvalue weighted by molar-refractivity contribution is -0.132. The number of nitrogens with one attached hydrogen (secondary N) is 1. The summed E-state index contributed by atoms with van der Waals surface area (Å²) in [5.74, 6) is -0.150. The molecule has 1 heterocycles. The van der Waals surface area contributed by atoms with Gasteiger partial charge in [-0.2, -0.15) is 5.26 Å². The van der Waals surface area contributed by atoms with Crippen molar-refractivity contribution in [3.8, 4) is 6.07 Å². The molecular weight excluding hydrogens is 180 g/mol. The number of nitriles is 1. The van der Waals surface area contributed by atoms with E-state index < -0.39 is 0 Å². The van der Waals surface area contributed by atoms with Crippen LogP contribution in [0.1, 0.15) is 33.1 Å². The molecule has 0 aromatic heterocycles. The second kappa shape index (κ2) is 4.97. The van der Waals surface area contributed by atoms with Crippen molar-refractivity contribution in [2.75, 3.05) is 0 Å². The van der Waals surface area contributed by atoms with Crippen molar-refractivity contribution in [3.05, 3.63) is 0 Å². The van der Waals surface area contributed by atoms with E-state index in [1.807, 2.05) is 19.9 Å². The molecule has 1 rings (SSSR count). The summed E-state index contributed by atoms with van der Waals surface area (Å²) in [6, 6.07) is 1.64. The third-order valence-electron chi connectivity index (χ3n) is 2.40. The number of amides is 1. The highest BCUT2D eigenvalue weighted by Gasteiger charge is 2.28. The maximum Gasteiger partial charge on any atom is 0.250 e. The number of nitrogens with zero attached hydrogens (tertiary/aromatic N) is 1. The Morgan fingerprint density at radius 3 is 2.86 bits per heavy atom. The molecule has 4 nitrogen and oxygen atoms in total. The van der Waals surface area contributed by atoms with E-state index in [0.717, 1.165) is 12.8 Å². The molecule has 1 fully saturated rings. The first-order chi connectivity index (χ1) is 6.67. The van der Waals surface area contributed by atoms with Crippen LogP contribution < -0.4 is 5.32 Å². The molecule has 0 radical (unpaired) electrons. The average molecular weight is 196 g/mol. The molecule has 78 valence electrons. The van der Waals surface area contributed by atoms with Crippen molar-refractivity contribution in [2.24, 2.45) is 0 Å². The minimum Gasteiger partial charge on any atom is -0.365 e. The van der Waals surface area contributed by atoms with Gasteiger partial charge in [-0.15, -0.1) is 0 Å². The van der Waals surface area contributed by atoms with Gasteiger partial charge < -0.3 is 10.1 Å². The Morgan fingerprint density at radius 2 is 2.43 bits per heavy atom. The van der Waals surface area contributed by atoms with Crippen LogP contribution >= 0.6 is 0 Å². The summed E-state index contributed by atoms with van der Waals surface area (Å²) in [4.78, 5) is 11.5. The highest BCUT2D eigenvalue weighted by molar-refractivity contribution is 5.81. The minimum atomic E-state index is -0.387. The van der Waals surface area contributed by atoms with E-state index in [4.69, 9.17) is 10.00 Å². The predicted molar refractivity (Wildman–Crippen MR) is 51.4 cm³/mol. The van der Waals surface area contributed by atoms with Gasteiger partial charge in [0.1, 0.15) is 12.1 Å². The predicted octanol–water partition coefficient (Wildman–Crippen LogP) is 0.972. The maximum absolute atomic E-state index is 11.5. The molecule has 14 heavy (non-hydrogen) atoms. The van der Waals surface area contributed by atoms with Crippen molar-refractivity contribution >= 4 is 5.91 Å². The number of carbonyl (C=O) groups excluding carboxylic acids is 1. The standard InChI is InChI=1S/C10H16N2O2/c1-3-8(6-11)12-10(13)9-5-4-7(2)14-9/h7-9H,3-5H2,1-2H3,(H,12,13). The smallest absolute Gasteiger partial charge is 0.250 e. The number of hydrogen-bond donors (Lipinski definition) is 1. The van der Waals surface area contributed by atoms with E-state index >= 15 is 0 Å². The summed E-state index contributed by atoms with van der Waals surface area (Å²) in [6.07, 6.45) is 2.11. The molecule has 1 saturated heterocycles.